The highest BCUT2D eigenvalue weighted by Gasteiger charge is 2.21. The van der Waals surface area contributed by atoms with Gasteiger partial charge in [0.25, 0.3) is 5.56 Å². The number of ether oxygens (including phenoxy) is 4. The van der Waals surface area contributed by atoms with Crippen molar-refractivity contribution in [2.45, 2.75) is 0 Å². The van der Waals surface area contributed by atoms with Gasteiger partial charge in [-0.3, -0.25) is 4.79 Å². The molecule has 0 unspecified atom stereocenters. The Bertz CT molecular complexity index is 1360. The molecule has 1 aliphatic rings. The summed E-state index contributed by atoms with van der Waals surface area (Å²) in [5.41, 5.74) is 0.705. The molecule has 0 saturated carbocycles. The van der Waals surface area contributed by atoms with Gasteiger partial charge < -0.3 is 23.5 Å². The lowest BCUT2D eigenvalue weighted by Gasteiger charge is -2.16. The molecule has 0 saturated heterocycles. The van der Waals surface area contributed by atoms with E-state index in [1.165, 1.54) is 0 Å². The van der Waals surface area contributed by atoms with Crippen LogP contribution in [0.2, 0.25) is 0 Å². The highest BCUT2D eigenvalue weighted by atomic mass is 127. The summed E-state index contributed by atoms with van der Waals surface area (Å²) < 4.78 is 24.8. The van der Waals surface area contributed by atoms with E-state index in [9.17, 15) is 4.79 Å². The van der Waals surface area contributed by atoms with Gasteiger partial charge in [0.05, 0.1) is 25.1 Å². The molecule has 0 spiro atoms. The van der Waals surface area contributed by atoms with Crippen LogP contribution in [0.1, 0.15) is 0 Å². The van der Waals surface area contributed by atoms with E-state index in [0.717, 1.165) is 36.4 Å². The third kappa shape index (κ3) is 2.22. The number of aryl methyl sites for hydroxylation is 1. The zero-order valence-corrected chi connectivity index (χ0v) is 17.6. The molecule has 2 heterocycles. The van der Waals surface area contributed by atoms with Gasteiger partial charge in [0.15, 0.2) is 23.0 Å². The second-order valence-electron chi connectivity index (χ2n) is 6.59. The molecule has 5 rings (SSSR count). The summed E-state index contributed by atoms with van der Waals surface area (Å²) >= 11 is 2.32. The third-order valence-corrected chi connectivity index (χ3v) is 6.13. The summed E-state index contributed by atoms with van der Waals surface area (Å²) in [4.78, 5) is 13.3. The van der Waals surface area contributed by atoms with Crippen LogP contribution < -0.4 is 24.5 Å². The van der Waals surface area contributed by atoms with Gasteiger partial charge in [-0.2, -0.15) is 0 Å². The number of fused-ring (bicyclic) bond motifs is 6. The van der Waals surface area contributed by atoms with Crippen molar-refractivity contribution in [3.05, 3.63) is 44.3 Å². The van der Waals surface area contributed by atoms with E-state index < -0.39 is 0 Å². The molecule has 0 atom stereocenters. The fourth-order valence-electron chi connectivity index (χ4n) is 3.95. The first-order chi connectivity index (χ1) is 13.5. The first-order valence-electron chi connectivity index (χ1n) is 8.64. The number of halogens is 1. The zero-order chi connectivity index (χ0) is 19.6. The van der Waals surface area contributed by atoms with Crippen molar-refractivity contribution >= 4 is 55.0 Å². The minimum Gasteiger partial charge on any atom is -0.493 e. The average molecular weight is 489 g/mol. The Labute approximate surface area is 173 Å². The highest BCUT2D eigenvalue weighted by Crippen LogP contribution is 2.43. The van der Waals surface area contributed by atoms with E-state index in [0.29, 0.717) is 22.6 Å². The van der Waals surface area contributed by atoms with Gasteiger partial charge in [-0.15, -0.1) is 0 Å². The lowest BCUT2D eigenvalue weighted by atomic mass is 10.00. The van der Waals surface area contributed by atoms with Crippen molar-refractivity contribution in [2.24, 2.45) is 7.05 Å². The van der Waals surface area contributed by atoms with Gasteiger partial charge in [0, 0.05) is 32.2 Å². The molecule has 6 nitrogen and oxygen atoms in total. The Balaban J connectivity index is 2.05. The average Bonchev–Trinajstić information content (AvgIpc) is 3.17. The molecule has 3 aromatic carbocycles. The summed E-state index contributed by atoms with van der Waals surface area (Å²) in [6.07, 6.45) is 0. The Kier molecular flexibility index (Phi) is 3.84. The Morgan fingerprint density at radius 2 is 1.64 bits per heavy atom. The second-order valence-corrected chi connectivity index (χ2v) is 7.76. The van der Waals surface area contributed by atoms with Gasteiger partial charge in [0.1, 0.15) is 0 Å². The van der Waals surface area contributed by atoms with E-state index in [2.05, 4.69) is 28.7 Å². The molecule has 7 heteroatoms. The van der Waals surface area contributed by atoms with Crippen molar-refractivity contribution in [3.63, 3.8) is 0 Å². The predicted molar refractivity (Wildman–Crippen MR) is 116 cm³/mol. The first kappa shape index (κ1) is 17.4. The molecule has 4 aromatic rings. The molecule has 0 aliphatic carbocycles. The Hall–Kier alpha value is -2.68. The summed E-state index contributed by atoms with van der Waals surface area (Å²) in [7, 11) is 4.89. The maximum absolute atomic E-state index is 13.3. The first-order valence-corrected chi connectivity index (χ1v) is 9.72. The zero-order valence-electron chi connectivity index (χ0n) is 15.5. The van der Waals surface area contributed by atoms with Gasteiger partial charge >= 0.3 is 0 Å². The van der Waals surface area contributed by atoms with Crippen LogP contribution in [-0.4, -0.2) is 25.6 Å². The van der Waals surface area contributed by atoms with E-state index in [1.54, 1.807) is 25.8 Å². The molecule has 0 N–H and O–H groups in total. The normalized spacial score (nSPS) is 12.9. The highest BCUT2D eigenvalue weighted by molar-refractivity contribution is 14.1. The van der Waals surface area contributed by atoms with Crippen LogP contribution in [0.3, 0.4) is 0 Å². The topological polar surface area (TPSA) is 58.9 Å². The van der Waals surface area contributed by atoms with Crippen LogP contribution in [-0.2, 0) is 7.05 Å². The van der Waals surface area contributed by atoms with Gasteiger partial charge in [-0.25, -0.2) is 0 Å². The summed E-state index contributed by atoms with van der Waals surface area (Å²) in [6, 6.07) is 9.76. The number of pyridine rings is 1. The number of methoxy groups -OCH3 is 2. The molecular formula is C21H16INO5. The number of rotatable bonds is 2. The smallest absolute Gasteiger partial charge is 0.262 e. The Morgan fingerprint density at radius 1 is 0.964 bits per heavy atom. The van der Waals surface area contributed by atoms with E-state index in [-0.39, 0.29) is 12.4 Å². The van der Waals surface area contributed by atoms with Crippen LogP contribution in [0.25, 0.3) is 32.4 Å². The molecule has 0 amide bonds. The third-order valence-electron chi connectivity index (χ3n) is 5.24. The standard InChI is InChI=1S/C21H16INO5/c1-23-19-12(10-4-5-15(25-2)20(26-3)18(10)21(23)24)6-14(22)11-7-16-17(8-13(11)19)28-9-27-16/h4-8H,9H2,1-3H3. The number of benzene rings is 3. The fourth-order valence-corrected chi connectivity index (χ4v) is 4.71. The molecule has 1 aliphatic heterocycles. The van der Waals surface area contributed by atoms with Crippen LogP contribution in [0.15, 0.2) is 35.1 Å². The van der Waals surface area contributed by atoms with Crippen molar-refractivity contribution in [1.82, 2.24) is 4.57 Å². The second kappa shape index (κ2) is 6.16. The van der Waals surface area contributed by atoms with Crippen molar-refractivity contribution in [3.8, 4) is 23.0 Å². The SMILES string of the molecule is COc1ccc2c(c1OC)c(=O)n(C)c1c3cc4c(cc3c(I)cc21)OCO4. The van der Waals surface area contributed by atoms with Crippen LogP contribution >= 0.6 is 22.6 Å². The van der Waals surface area contributed by atoms with Crippen molar-refractivity contribution in [2.75, 3.05) is 21.0 Å². The maximum atomic E-state index is 13.3. The molecule has 28 heavy (non-hydrogen) atoms. The molecule has 0 bridgehead atoms. The van der Waals surface area contributed by atoms with Gasteiger partial charge in [-0.05, 0) is 52.9 Å². The van der Waals surface area contributed by atoms with Gasteiger partial charge in [0.2, 0.25) is 6.79 Å². The van der Waals surface area contributed by atoms with E-state index in [1.807, 2.05) is 24.3 Å². The molecule has 142 valence electrons. The van der Waals surface area contributed by atoms with Crippen molar-refractivity contribution < 1.29 is 18.9 Å². The largest absolute Gasteiger partial charge is 0.493 e. The van der Waals surface area contributed by atoms with Crippen LogP contribution in [0, 0.1) is 3.57 Å². The van der Waals surface area contributed by atoms with E-state index in [4.69, 9.17) is 18.9 Å². The minimum atomic E-state index is -0.140. The molecule has 0 radical (unpaired) electrons. The summed E-state index contributed by atoms with van der Waals surface area (Å²) in [6.45, 7) is 0.207. The molecule has 0 fully saturated rings. The number of hydrogen-bond donors (Lipinski definition) is 0. The molecular weight excluding hydrogens is 473 g/mol. The fraction of sp³-hybridized carbons (Fsp3) is 0.190. The number of hydrogen-bond acceptors (Lipinski definition) is 5. The monoisotopic (exact) mass is 489 g/mol. The lowest BCUT2D eigenvalue weighted by Crippen LogP contribution is -2.18. The Morgan fingerprint density at radius 3 is 2.32 bits per heavy atom. The van der Waals surface area contributed by atoms with Crippen LogP contribution in [0.4, 0.5) is 0 Å². The van der Waals surface area contributed by atoms with E-state index >= 15 is 0 Å². The van der Waals surface area contributed by atoms with Gasteiger partial charge in [-0.1, -0.05) is 0 Å². The quantitative estimate of drug-likeness (QED) is 0.312. The predicted octanol–water partition coefficient (Wildman–Crippen LogP) is 4.20. The number of aromatic nitrogens is 1. The van der Waals surface area contributed by atoms with Crippen LogP contribution in [0.5, 0.6) is 23.0 Å². The van der Waals surface area contributed by atoms with Crippen molar-refractivity contribution in [1.29, 1.82) is 0 Å². The number of nitrogens with zero attached hydrogens (tertiary/aromatic N) is 1. The minimum absolute atomic E-state index is 0.140. The molecule has 1 aromatic heterocycles. The maximum Gasteiger partial charge on any atom is 0.262 e. The summed E-state index contributed by atoms with van der Waals surface area (Å²) in [5, 5.41) is 4.27. The summed E-state index contributed by atoms with van der Waals surface area (Å²) in [5.74, 6) is 2.39. The lowest BCUT2D eigenvalue weighted by molar-refractivity contribution is 0.174.